The van der Waals surface area contributed by atoms with Gasteiger partial charge < -0.3 is 14.5 Å². The largest absolute Gasteiger partial charge is 0.491 e. The van der Waals surface area contributed by atoms with Gasteiger partial charge in [-0.3, -0.25) is 4.79 Å². The Balaban J connectivity index is 2.03. The van der Waals surface area contributed by atoms with Crippen molar-refractivity contribution in [3.8, 4) is 17.0 Å². The molecule has 0 fully saturated rings. The van der Waals surface area contributed by atoms with Crippen LogP contribution in [0.25, 0.3) is 16.9 Å². The van der Waals surface area contributed by atoms with Gasteiger partial charge in [0, 0.05) is 6.07 Å². The Morgan fingerprint density at radius 2 is 2.00 bits per heavy atom. The second-order valence-corrected chi connectivity index (χ2v) is 5.75. The minimum Gasteiger partial charge on any atom is -0.491 e. The molecule has 0 atom stereocenters. The third kappa shape index (κ3) is 3.40. The van der Waals surface area contributed by atoms with Gasteiger partial charge in [0.15, 0.2) is 5.65 Å². The number of ether oxygens (including phenoxy) is 2. The van der Waals surface area contributed by atoms with Crippen LogP contribution in [-0.2, 0) is 4.74 Å². The monoisotopic (exact) mass is 341 g/mol. The summed E-state index contributed by atoms with van der Waals surface area (Å²) in [5.41, 5.74) is 1.58. The first kappa shape index (κ1) is 16.8. The maximum Gasteiger partial charge on any atom is 0.343 e. The lowest BCUT2D eigenvalue weighted by Gasteiger charge is -2.10. The minimum atomic E-state index is -0.522. The first-order chi connectivity index (χ1) is 12.0. The molecule has 3 aromatic rings. The molecule has 2 aromatic heterocycles. The van der Waals surface area contributed by atoms with Crippen molar-refractivity contribution in [2.75, 3.05) is 6.61 Å². The number of fused-ring (bicyclic) bond motifs is 1. The van der Waals surface area contributed by atoms with E-state index in [1.165, 1.54) is 12.3 Å². The zero-order chi connectivity index (χ0) is 18.0. The van der Waals surface area contributed by atoms with Gasteiger partial charge in [0.2, 0.25) is 0 Å². The van der Waals surface area contributed by atoms with Gasteiger partial charge in [0.1, 0.15) is 11.3 Å². The number of carbonyl (C=O) groups is 1. The molecule has 1 aromatic carbocycles. The second kappa shape index (κ2) is 6.80. The third-order valence-electron chi connectivity index (χ3n) is 3.53. The molecule has 0 unspecified atom stereocenters. The molecule has 0 bridgehead atoms. The first-order valence-electron chi connectivity index (χ1n) is 8.05. The van der Waals surface area contributed by atoms with Gasteiger partial charge in [-0.2, -0.15) is 9.61 Å². The second-order valence-electron chi connectivity index (χ2n) is 5.75. The molecule has 0 radical (unpaired) electrons. The predicted molar refractivity (Wildman–Crippen MR) is 93.0 cm³/mol. The topological polar surface area (TPSA) is 85.7 Å². The number of aromatic nitrogens is 3. The van der Waals surface area contributed by atoms with Gasteiger partial charge in [-0.05, 0) is 50.6 Å². The van der Waals surface area contributed by atoms with Crippen molar-refractivity contribution >= 4 is 11.6 Å². The van der Waals surface area contributed by atoms with Crippen molar-refractivity contribution in [3.63, 3.8) is 0 Å². The standard InChI is InChI=1S/C18H19N3O4/c1-4-24-18(23)14-10-19-21-16(22)9-15(20-17(14)21)12-5-7-13(8-6-12)25-11(2)3/h5-11,20H,4H2,1-3H3. The third-order valence-corrected chi connectivity index (χ3v) is 3.53. The van der Waals surface area contributed by atoms with Crippen LogP contribution in [0.1, 0.15) is 31.1 Å². The number of rotatable bonds is 5. The van der Waals surface area contributed by atoms with Crippen LogP contribution in [-0.4, -0.2) is 33.3 Å². The maximum atomic E-state index is 12.3. The van der Waals surface area contributed by atoms with Crippen LogP contribution in [0.15, 0.2) is 41.3 Å². The molecular formula is C18H19N3O4. The van der Waals surface area contributed by atoms with E-state index in [1.54, 1.807) is 6.92 Å². The molecule has 2 heterocycles. The predicted octanol–water partition coefficient (Wildman–Crippen LogP) is 2.65. The van der Waals surface area contributed by atoms with E-state index < -0.39 is 5.97 Å². The number of nitrogens with zero attached hydrogens (tertiary/aromatic N) is 2. The lowest BCUT2D eigenvalue weighted by Crippen LogP contribution is -2.15. The Hall–Kier alpha value is -3.09. The lowest BCUT2D eigenvalue weighted by molar-refractivity contribution is 0.0528. The Morgan fingerprint density at radius 3 is 2.64 bits per heavy atom. The van der Waals surface area contributed by atoms with Crippen LogP contribution >= 0.6 is 0 Å². The van der Waals surface area contributed by atoms with Gasteiger partial charge in [0.05, 0.1) is 24.6 Å². The number of benzene rings is 1. The van der Waals surface area contributed by atoms with Gasteiger partial charge in [-0.1, -0.05) is 0 Å². The van der Waals surface area contributed by atoms with E-state index in [0.717, 1.165) is 15.8 Å². The summed E-state index contributed by atoms with van der Waals surface area (Å²) < 4.78 is 11.8. The SMILES string of the molecule is CCOC(=O)c1cnn2c(=O)cc(-c3ccc(OC(C)C)cc3)[nH]c12. The van der Waals surface area contributed by atoms with E-state index in [4.69, 9.17) is 9.47 Å². The van der Waals surface area contributed by atoms with Crippen LogP contribution in [0.5, 0.6) is 5.75 Å². The summed E-state index contributed by atoms with van der Waals surface area (Å²) in [5.74, 6) is 0.227. The molecule has 0 amide bonds. The molecule has 1 N–H and O–H groups in total. The van der Waals surface area contributed by atoms with Crippen LogP contribution < -0.4 is 10.3 Å². The summed E-state index contributed by atoms with van der Waals surface area (Å²) in [4.78, 5) is 27.4. The molecule has 130 valence electrons. The van der Waals surface area contributed by atoms with Gasteiger partial charge in [-0.25, -0.2) is 4.79 Å². The molecule has 25 heavy (non-hydrogen) atoms. The van der Waals surface area contributed by atoms with E-state index in [9.17, 15) is 9.59 Å². The van der Waals surface area contributed by atoms with Crippen molar-refractivity contribution in [2.24, 2.45) is 0 Å². The molecule has 3 rings (SSSR count). The number of hydrogen-bond acceptors (Lipinski definition) is 5. The summed E-state index contributed by atoms with van der Waals surface area (Å²) in [6, 6.07) is 8.80. The van der Waals surface area contributed by atoms with Gasteiger partial charge >= 0.3 is 5.97 Å². The molecule has 0 spiro atoms. The van der Waals surface area contributed by atoms with Crippen molar-refractivity contribution in [1.82, 2.24) is 14.6 Å². The Labute approximate surface area is 144 Å². The lowest BCUT2D eigenvalue weighted by atomic mass is 10.1. The maximum absolute atomic E-state index is 12.3. The Morgan fingerprint density at radius 1 is 1.28 bits per heavy atom. The quantitative estimate of drug-likeness (QED) is 0.721. The summed E-state index contributed by atoms with van der Waals surface area (Å²) in [7, 11) is 0. The summed E-state index contributed by atoms with van der Waals surface area (Å²) in [6.45, 7) is 5.88. The average molecular weight is 341 g/mol. The molecule has 0 saturated heterocycles. The van der Waals surface area contributed by atoms with E-state index in [0.29, 0.717) is 11.3 Å². The minimum absolute atomic E-state index is 0.0842. The number of hydrogen-bond donors (Lipinski definition) is 1. The van der Waals surface area contributed by atoms with Crippen LogP contribution in [0.2, 0.25) is 0 Å². The summed E-state index contributed by atoms with van der Waals surface area (Å²) >= 11 is 0. The van der Waals surface area contributed by atoms with Crippen LogP contribution in [0, 0.1) is 0 Å². The van der Waals surface area contributed by atoms with Crippen molar-refractivity contribution in [3.05, 3.63) is 52.4 Å². The molecule has 7 nitrogen and oxygen atoms in total. The zero-order valence-electron chi connectivity index (χ0n) is 14.3. The average Bonchev–Trinajstić information content (AvgIpc) is 3.00. The number of aromatic amines is 1. The van der Waals surface area contributed by atoms with Crippen LogP contribution in [0.3, 0.4) is 0 Å². The van der Waals surface area contributed by atoms with Gasteiger partial charge in [0.25, 0.3) is 5.56 Å². The highest BCUT2D eigenvalue weighted by Gasteiger charge is 2.16. The van der Waals surface area contributed by atoms with E-state index >= 15 is 0 Å². The number of H-pyrrole nitrogens is 1. The molecule has 0 saturated carbocycles. The van der Waals surface area contributed by atoms with E-state index in [2.05, 4.69) is 10.1 Å². The highest BCUT2D eigenvalue weighted by atomic mass is 16.5. The molecule has 0 aliphatic heterocycles. The van der Waals surface area contributed by atoms with Crippen molar-refractivity contribution in [2.45, 2.75) is 26.9 Å². The summed E-state index contributed by atoms with van der Waals surface area (Å²) in [5, 5.41) is 3.96. The number of carbonyl (C=O) groups excluding carboxylic acids is 1. The smallest absolute Gasteiger partial charge is 0.343 e. The number of nitrogens with one attached hydrogen (secondary N) is 1. The summed E-state index contributed by atoms with van der Waals surface area (Å²) in [6.07, 6.45) is 1.41. The van der Waals surface area contributed by atoms with E-state index in [1.807, 2.05) is 38.1 Å². The van der Waals surface area contributed by atoms with E-state index in [-0.39, 0.29) is 23.8 Å². The van der Waals surface area contributed by atoms with Gasteiger partial charge in [-0.15, -0.1) is 0 Å². The molecule has 0 aliphatic carbocycles. The van der Waals surface area contributed by atoms with Crippen LogP contribution in [0.4, 0.5) is 0 Å². The normalized spacial score (nSPS) is 11.0. The highest BCUT2D eigenvalue weighted by molar-refractivity contribution is 5.95. The molecular weight excluding hydrogens is 322 g/mol. The zero-order valence-corrected chi connectivity index (χ0v) is 14.3. The Kier molecular flexibility index (Phi) is 4.56. The first-order valence-corrected chi connectivity index (χ1v) is 8.05. The fraction of sp³-hybridized carbons (Fsp3) is 0.278. The number of esters is 1. The Bertz CT molecular complexity index is 955. The van der Waals surface area contributed by atoms with Crippen molar-refractivity contribution in [1.29, 1.82) is 0 Å². The fourth-order valence-corrected chi connectivity index (χ4v) is 2.48. The highest BCUT2D eigenvalue weighted by Crippen LogP contribution is 2.21. The molecule has 0 aliphatic rings. The van der Waals surface area contributed by atoms with Crippen molar-refractivity contribution < 1.29 is 14.3 Å². The molecule has 7 heteroatoms. The fourth-order valence-electron chi connectivity index (χ4n) is 2.48.